The topological polar surface area (TPSA) is 481 Å². The van der Waals surface area contributed by atoms with Crippen molar-refractivity contribution in [1.29, 1.82) is 0 Å². The molecule has 0 aromatic heterocycles. The number of aliphatic hydroxyl groups is 2. The number of hydrogen-bond donors (Lipinski definition) is 15. The van der Waals surface area contributed by atoms with Crippen molar-refractivity contribution in [2.75, 3.05) is 13.2 Å². The fourth-order valence-corrected chi connectivity index (χ4v) is 10.8. The van der Waals surface area contributed by atoms with Crippen LogP contribution in [0.3, 0.4) is 0 Å². The molecule has 1 aliphatic heterocycles. The van der Waals surface area contributed by atoms with Gasteiger partial charge in [-0.25, -0.2) is 0 Å². The van der Waals surface area contributed by atoms with Gasteiger partial charge in [0.1, 0.15) is 58.4 Å². The number of nitrogens with one attached hydrogen (secondary N) is 10. The second-order valence-electron chi connectivity index (χ2n) is 28.6. The molecule has 0 aromatic rings. The lowest BCUT2D eigenvalue weighted by Gasteiger charge is -2.35. The number of likely N-dealkylation sites (tertiary alicyclic amines) is 1. The third-order valence-electron chi connectivity index (χ3n) is 16.6. The van der Waals surface area contributed by atoms with Crippen LogP contribution in [0.4, 0.5) is 0 Å². The van der Waals surface area contributed by atoms with Gasteiger partial charge in [-0.05, 0) is 138 Å². The van der Waals surface area contributed by atoms with Crippen LogP contribution in [0, 0.1) is 17.8 Å². The van der Waals surface area contributed by atoms with E-state index in [1.54, 1.807) is 39.8 Å². The van der Waals surface area contributed by atoms with Crippen molar-refractivity contribution < 1.29 is 77.3 Å². The van der Waals surface area contributed by atoms with Crippen LogP contribution in [0.5, 0.6) is 0 Å². The summed E-state index contributed by atoms with van der Waals surface area (Å²) in [7, 11) is 0. The number of aliphatic hydroxyl groups excluding tert-OH is 2. The molecular weight excluding hydrogens is 1260 g/mol. The fraction of sp³-hybridized carbons (Fsp3) is 0.761. The number of allylic oxidation sites excluding steroid dienone is 2. The van der Waals surface area contributed by atoms with Crippen LogP contribution in [0.2, 0.25) is 0 Å². The fourth-order valence-electron chi connectivity index (χ4n) is 10.8. The molecule has 0 radical (unpaired) electrons. The average Bonchev–Trinajstić information content (AvgIpc) is 1.78. The van der Waals surface area contributed by atoms with Crippen LogP contribution in [0.1, 0.15) is 226 Å². The summed E-state index contributed by atoms with van der Waals surface area (Å²) in [5.74, 6) is -12.6. The van der Waals surface area contributed by atoms with Gasteiger partial charge in [0, 0.05) is 32.2 Å². The van der Waals surface area contributed by atoms with Crippen molar-refractivity contribution in [3.8, 4) is 0 Å². The number of nitrogens with zero attached hydrogens (tertiary/aromatic N) is 1. The molecular formula is C67H118N14O16. The molecule has 1 rings (SSSR count). The van der Waals surface area contributed by atoms with Crippen molar-refractivity contribution in [2.24, 2.45) is 35.0 Å². The van der Waals surface area contributed by atoms with E-state index in [-0.39, 0.29) is 69.4 Å². The smallest absolute Gasteiger partial charge is 0.248 e. The van der Waals surface area contributed by atoms with E-state index in [1.807, 2.05) is 27.7 Å². The molecule has 2 unspecified atom stereocenters. The molecule has 9 atom stereocenters. The molecule has 1 saturated heterocycles. The maximum absolute atomic E-state index is 14.5. The Balaban J connectivity index is 3.48. The lowest BCUT2D eigenvalue weighted by Crippen LogP contribution is -2.66. The normalized spacial score (nSPS) is 16.1. The minimum absolute atomic E-state index is 0.113. The van der Waals surface area contributed by atoms with Crippen molar-refractivity contribution in [3.63, 3.8) is 0 Å². The Morgan fingerprint density at radius 3 is 1.43 bits per heavy atom. The molecule has 0 aliphatic carbocycles. The molecule has 0 saturated carbocycles. The highest BCUT2D eigenvalue weighted by Crippen LogP contribution is 2.24. The summed E-state index contributed by atoms with van der Waals surface area (Å²) in [6.45, 7) is 23.4. The van der Waals surface area contributed by atoms with Gasteiger partial charge in [0.15, 0.2) is 0 Å². The molecule has 1 aliphatic rings. The summed E-state index contributed by atoms with van der Waals surface area (Å²) in [6.07, 6.45) is 7.86. The quantitative estimate of drug-likeness (QED) is 0.0291. The molecule has 0 bridgehead atoms. The van der Waals surface area contributed by atoms with E-state index in [9.17, 15) is 77.3 Å². The molecule has 30 heteroatoms. The number of nitrogens with two attached hydrogens (primary N) is 3. The Bertz CT molecular complexity index is 2730. The highest BCUT2D eigenvalue weighted by atomic mass is 16.3. The Hall–Kier alpha value is -7.76. The van der Waals surface area contributed by atoms with E-state index in [2.05, 4.69) is 60.1 Å². The highest BCUT2D eigenvalue weighted by molar-refractivity contribution is 6.01. The maximum Gasteiger partial charge on any atom is 0.248 e. The van der Waals surface area contributed by atoms with Crippen LogP contribution in [-0.2, 0) is 67.1 Å². The zero-order chi connectivity index (χ0) is 74.3. The van der Waals surface area contributed by atoms with E-state index in [1.165, 1.54) is 46.4 Å². The van der Waals surface area contributed by atoms with E-state index in [0.29, 0.717) is 19.3 Å². The predicted octanol–water partition coefficient (Wildman–Crippen LogP) is 0.450. The van der Waals surface area contributed by atoms with E-state index < -0.39 is 179 Å². The highest BCUT2D eigenvalue weighted by Gasteiger charge is 2.46. The van der Waals surface area contributed by atoms with Gasteiger partial charge in [-0.3, -0.25) is 67.1 Å². The van der Waals surface area contributed by atoms with Crippen LogP contribution in [-0.4, -0.2) is 182 Å². The van der Waals surface area contributed by atoms with Gasteiger partial charge in [0.05, 0.1) is 18.8 Å². The Labute approximate surface area is 572 Å². The van der Waals surface area contributed by atoms with Gasteiger partial charge < -0.3 is 85.5 Å². The number of unbranched alkanes of at least 4 members (excludes halogenated alkanes) is 6. The molecule has 1 heterocycles. The second-order valence-corrected chi connectivity index (χ2v) is 28.6. The maximum atomic E-state index is 14.5. The molecule has 552 valence electrons. The first kappa shape index (κ1) is 87.3. The van der Waals surface area contributed by atoms with Gasteiger partial charge in [0.2, 0.25) is 82.7 Å². The van der Waals surface area contributed by atoms with E-state index >= 15 is 0 Å². The van der Waals surface area contributed by atoms with Gasteiger partial charge in [-0.2, -0.15) is 0 Å². The molecule has 0 aromatic carbocycles. The predicted molar refractivity (Wildman–Crippen MR) is 364 cm³/mol. The Morgan fingerprint density at radius 1 is 0.515 bits per heavy atom. The summed E-state index contributed by atoms with van der Waals surface area (Å²) in [5.41, 5.74) is 9.12. The largest absolute Gasteiger partial charge is 0.394 e. The van der Waals surface area contributed by atoms with Crippen LogP contribution >= 0.6 is 0 Å². The summed E-state index contributed by atoms with van der Waals surface area (Å²) in [5, 5.41) is 47.5. The van der Waals surface area contributed by atoms with Gasteiger partial charge >= 0.3 is 0 Å². The molecule has 1 fully saturated rings. The molecule has 18 N–H and O–H groups in total. The van der Waals surface area contributed by atoms with E-state index in [4.69, 9.17) is 17.2 Å². The molecule has 0 spiro atoms. The molecule has 30 nitrogen and oxygen atoms in total. The lowest BCUT2D eigenvalue weighted by atomic mass is 9.92. The standard InChI is InChI=1S/C67H118N14O16/c1-16-18-20-21-22-23-24-28-51(86)77-67(14,15)63(97)81-35-25-27-47(81)58(92)76-52(53(87)41(7)26-19-17-2)59(93)79-64(8,9)60(94)74-43(29-32-48(68)83)54(88)72-45(31-34-50(70)85)57(91)78-66(12,13)62(96)80-65(10,11)61(95)75-44(30-33-49(69)84)55(89)73-46(37-40(5)6)56(90)71-42(38-82)36-39(3)4/h17,19,39-47,52-53,82,87H,16,18,20-38H2,1-15H3,(H2,68,83)(H2,69,84)(H2,70,85)(H,71,90)(H,72,88)(H,73,89)(H,74,94)(H,75,95)(H,76,92)(H,77,86)(H,78,91)(H,79,93)(H,80,96)/b19-17+/t41?,42-,43-,44-,45+,46+,47-,52-,53?/m0/s1. The SMILES string of the molecule is C/C=C/CC(C)C(O)[C@H](NC(=O)[C@@H]1CCCN1C(=O)C(C)(C)NC(=O)CCCCCCCCC)C(=O)NC(C)(C)C(=O)N[C@@H](CCC(N)=O)C(=O)N[C@H](CCC(N)=O)C(=O)NC(C)(C)C(=O)NC(C)(C)C(=O)N[C@@H](CCC(N)=O)C(=O)N[C@H](CC(C)C)C(=O)N[C@H](CO)CC(C)C. The van der Waals surface area contributed by atoms with Gasteiger partial charge in [-0.1, -0.05) is 92.2 Å². The summed E-state index contributed by atoms with van der Waals surface area (Å²) in [4.78, 5) is 192. The number of carbonyl (C=O) groups excluding carboxylic acids is 14. The summed E-state index contributed by atoms with van der Waals surface area (Å²) < 4.78 is 0. The van der Waals surface area contributed by atoms with E-state index in [0.717, 1.165) is 38.5 Å². The molecule has 14 amide bonds. The second kappa shape index (κ2) is 41.5. The van der Waals surface area contributed by atoms with Crippen molar-refractivity contribution >= 4 is 82.7 Å². The number of hydrogen-bond acceptors (Lipinski definition) is 16. The minimum atomic E-state index is -1.99. The van der Waals surface area contributed by atoms with Gasteiger partial charge in [-0.15, -0.1) is 0 Å². The van der Waals surface area contributed by atoms with Crippen LogP contribution in [0.15, 0.2) is 12.2 Å². The van der Waals surface area contributed by atoms with Crippen LogP contribution < -0.4 is 70.4 Å². The zero-order valence-corrected chi connectivity index (χ0v) is 60.1. The third kappa shape index (κ3) is 31.5. The first-order valence-electron chi connectivity index (χ1n) is 34.1. The van der Waals surface area contributed by atoms with Gasteiger partial charge in [0.25, 0.3) is 0 Å². The number of amides is 14. The number of primary amides is 3. The first-order valence-corrected chi connectivity index (χ1v) is 34.1. The first-order chi connectivity index (χ1) is 45.0. The zero-order valence-electron chi connectivity index (χ0n) is 60.1. The minimum Gasteiger partial charge on any atom is -0.394 e. The van der Waals surface area contributed by atoms with Crippen molar-refractivity contribution in [1.82, 2.24) is 58.1 Å². The summed E-state index contributed by atoms with van der Waals surface area (Å²) in [6, 6.07) is -9.45. The number of carbonyl (C=O) groups is 14. The molecule has 97 heavy (non-hydrogen) atoms. The van der Waals surface area contributed by atoms with Crippen molar-refractivity contribution in [2.45, 2.75) is 296 Å². The Kier molecular flexibility index (Phi) is 37.3. The number of rotatable bonds is 46. The summed E-state index contributed by atoms with van der Waals surface area (Å²) >= 11 is 0. The van der Waals surface area contributed by atoms with Crippen molar-refractivity contribution in [3.05, 3.63) is 12.2 Å². The van der Waals surface area contributed by atoms with Crippen LogP contribution in [0.25, 0.3) is 0 Å². The Morgan fingerprint density at radius 2 is 0.959 bits per heavy atom. The third-order valence-corrected chi connectivity index (χ3v) is 16.6. The average molecular weight is 1380 g/mol. The monoisotopic (exact) mass is 1370 g/mol. The lowest BCUT2D eigenvalue weighted by molar-refractivity contribution is -0.146.